The van der Waals surface area contributed by atoms with Crippen molar-refractivity contribution in [3.63, 3.8) is 0 Å². The van der Waals surface area contributed by atoms with E-state index in [1.54, 1.807) is 24.3 Å². The highest BCUT2D eigenvalue weighted by Gasteiger charge is 2.29. The highest BCUT2D eigenvalue weighted by Crippen LogP contribution is 2.28. The normalized spacial score (nSPS) is 13.4. The van der Waals surface area contributed by atoms with Gasteiger partial charge in [-0.15, -0.1) is 0 Å². The topological polar surface area (TPSA) is 58.2 Å². The minimum absolute atomic E-state index is 0.0589. The largest absolute Gasteiger partial charge is 0.352 e. The number of amides is 2. The molecule has 3 rings (SSSR count). The van der Waals surface area contributed by atoms with Gasteiger partial charge >= 0.3 is 0 Å². The fourth-order valence-corrected chi connectivity index (χ4v) is 2.24. The summed E-state index contributed by atoms with van der Waals surface area (Å²) in [5.41, 5.74) is 1.13. The molecule has 1 aliphatic carbocycles. The van der Waals surface area contributed by atoms with Crippen LogP contribution < -0.4 is 10.6 Å². The van der Waals surface area contributed by atoms with Crippen molar-refractivity contribution in [1.29, 1.82) is 0 Å². The molecule has 0 unspecified atom stereocenters. The van der Waals surface area contributed by atoms with E-state index < -0.39 is 17.5 Å². The van der Waals surface area contributed by atoms with E-state index in [1.807, 2.05) is 0 Å². The number of hydrogen-bond donors (Lipinski definition) is 2. The van der Waals surface area contributed by atoms with Crippen molar-refractivity contribution in [2.45, 2.75) is 19.4 Å². The molecule has 2 aromatic rings. The Bertz CT molecular complexity index is 771. The maximum Gasteiger partial charge on any atom is 0.255 e. The van der Waals surface area contributed by atoms with E-state index in [1.165, 1.54) is 6.07 Å². The molecule has 0 radical (unpaired) electrons. The first-order valence-corrected chi connectivity index (χ1v) is 7.66. The number of carbonyl (C=O) groups excluding carboxylic acids is 2. The van der Waals surface area contributed by atoms with Gasteiger partial charge in [0.05, 0.1) is 5.69 Å². The van der Waals surface area contributed by atoms with E-state index in [-0.39, 0.29) is 17.5 Å². The minimum Gasteiger partial charge on any atom is -0.352 e. The highest BCUT2D eigenvalue weighted by molar-refractivity contribution is 6.04. The van der Waals surface area contributed by atoms with Gasteiger partial charge in [-0.2, -0.15) is 0 Å². The van der Waals surface area contributed by atoms with Crippen molar-refractivity contribution in [2.75, 3.05) is 5.32 Å². The lowest BCUT2D eigenvalue weighted by Gasteiger charge is -2.08. The second-order valence-electron chi connectivity index (χ2n) is 5.77. The van der Waals surface area contributed by atoms with E-state index in [2.05, 4.69) is 10.6 Å². The monoisotopic (exact) mass is 330 g/mol. The molecule has 1 saturated carbocycles. The van der Waals surface area contributed by atoms with Crippen LogP contribution in [0.4, 0.5) is 14.5 Å². The quantitative estimate of drug-likeness (QED) is 0.884. The van der Waals surface area contributed by atoms with Crippen molar-refractivity contribution in [3.05, 3.63) is 65.2 Å². The van der Waals surface area contributed by atoms with Crippen LogP contribution in [0, 0.1) is 17.6 Å². The molecule has 0 heterocycles. The second kappa shape index (κ2) is 6.78. The summed E-state index contributed by atoms with van der Waals surface area (Å²) in [6.07, 6.45) is 1.90. The second-order valence-corrected chi connectivity index (χ2v) is 5.77. The summed E-state index contributed by atoms with van der Waals surface area (Å²) >= 11 is 0. The van der Waals surface area contributed by atoms with Crippen LogP contribution in [0.2, 0.25) is 0 Å². The Morgan fingerprint density at radius 1 is 1.04 bits per heavy atom. The van der Waals surface area contributed by atoms with Gasteiger partial charge in [0.25, 0.3) is 5.91 Å². The third kappa shape index (κ3) is 3.95. The Morgan fingerprint density at radius 3 is 2.38 bits per heavy atom. The number of halogens is 2. The molecular weight excluding hydrogens is 314 g/mol. The van der Waals surface area contributed by atoms with Gasteiger partial charge in [-0.1, -0.05) is 12.1 Å². The summed E-state index contributed by atoms with van der Waals surface area (Å²) in [5, 5.41) is 5.23. The van der Waals surface area contributed by atoms with Crippen molar-refractivity contribution in [1.82, 2.24) is 5.32 Å². The summed E-state index contributed by atoms with van der Waals surface area (Å²) in [4.78, 5) is 23.7. The molecule has 0 bridgehead atoms. The third-order valence-electron chi connectivity index (χ3n) is 3.81. The van der Waals surface area contributed by atoms with E-state index in [9.17, 15) is 18.4 Å². The van der Waals surface area contributed by atoms with Gasteiger partial charge in [-0.05, 0) is 42.7 Å². The first-order valence-electron chi connectivity index (χ1n) is 7.66. The van der Waals surface area contributed by atoms with Crippen LogP contribution in [-0.2, 0) is 11.3 Å². The molecule has 1 aliphatic rings. The molecule has 124 valence electrons. The lowest BCUT2D eigenvalue weighted by atomic mass is 10.1. The van der Waals surface area contributed by atoms with E-state index >= 15 is 0 Å². The van der Waals surface area contributed by atoms with Crippen LogP contribution in [0.25, 0.3) is 0 Å². The molecule has 0 aliphatic heterocycles. The van der Waals surface area contributed by atoms with Crippen molar-refractivity contribution < 1.29 is 18.4 Å². The lowest BCUT2D eigenvalue weighted by Crippen LogP contribution is -2.24. The first kappa shape index (κ1) is 16.1. The van der Waals surface area contributed by atoms with Gasteiger partial charge in [0.2, 0.25) is 5.91 Å². The Kier molecular flexibility index (Phi) is 4.55. The molecule has 1 fully saturated rings. The summed E-state index contributed by atoms with van der Waals surface area (Å²) in [6, 6.07) is 9.59. The zero-order chi connectivity index (χ0) is 17.1. The lowest BCUT2D eigenvalue weighted by molar-refractivity contribution is -0.122. The summed E-state index contributed by atoms with van der Waals surface area (Å²) in [5.74, 6) is -1.82. The Hall–Kier alpha value is -2.76. The van der Waals surface area contributed by atoms with Gasteiger partial charge in [-0.3, -0.25) is 9.59 Å². The zero-order valence-electron chi connectivity index (χ0n) is 12.8. The summed E-state index contributed by atoms with van der Waals surface area (Å²) in [6.45, 7) is 0.407. The Balaban J connectivity index is 1.59. The average Bonchev–Trinajstić information content (AvgIpc) is 3.40. The maximum absolute atomic E-state index is 13.5. The predicted octanol–water partition coefficient (Wildman–Crippen LogP) is 3.24. The van der Waals surface area contributed by atoms with Gasteiger partial charge in [0.15, 0.2) is 0 Å². The van der Waals surface area contributed by atoms with Crippen LogP contribution in [0.3, 0.4) is 0 Å². The van der Waals surface area contributed by atoms with Gasteiger partial charge < -0.3 is 10.6 Å². The van der Waals surface area contributed by atoms with Gasteiger partial charge in [0, 0.05) is 24.1 Å². The van der Waals surface area contributed by atoms with Crippen LogP contribution >= 0.6 is 0 Å². The van der Waals surface area contributed by atoms with Gasteiger partial charge in [0.1, 0.15) is 11.6 Å². The summed E-state index contributed by atoms with van der Waals surface area (Å²) in [7, 11) is 0. The van der Waals surface area contributed by atoms with Crippen LogP contribution in [-0.4, -0.2) is 11.8 Å². The smallest absolute Gasteiger partial charge is 0.255 e. The number of nitrogens with one attached hydrogen (secondary N) is 2. The fourth-order valence-electron chi connectivity index (χ4n) is 2.24. The van der Waals surface area contributed by atoms with Crippen molar-refractivity contribution in [3.8, 4) is 0 Å². The van der Waals surface area contributed by atoms with Crippen molar-refractivity contribution in [2.24, 2.45) is 5.92 Å². The number of benzene rings is 2. The molecule has 24 heavy (non-hydrogen) atoms. The van der Waals surface area contributed by atoms with Crippen molar-refractivity contribution >= 4 is 17.5 Å². The maximum atomic E-state index is 13.5. The number of rotatable bonds is 5. The van der Waals surface area contributed by atoms with E-state index in [0.29, 0.717) is 18.2 Å². The molecular formula is C18H16F2N2O2. The number of carbonyl (C=O) groups is 2. The molecule has 6 heteroatoms. The van der Waals surface area contributed by atoms with E-state index in [4.69, 9.17) is 0 Å². The Labute approximate surface area is 137 Å². The van der Waals surface area contributed by atoms with Gasteiger partial charge in [-0.25, -0.2) is 8.78 Å². The Morgan fingerprint density at radius 2 is 1.75 bits per heavy atom. The molecule has 0 saturated heterocycles. The van der Waals surface area contributed by atoms with E-state index in [0.717, 1.165) is 24.5 Å². The number of hydrogen-bond acceptors (Lipinski definition) is 2. The molecule has 0 atom stereocenters. The molecule has 2 aromatic carbocycles. The molecule has 2 amide bonds. The number of anilines is 1. The summed E-state index contributed by atoms with van der Waals surface area (Å²) < 4.78 is 26.4. The van der Waals surface area contributed by atoms with Crippen LogP contribution in [0.5, 0.6) is 0 Å². The van der Waals surface area contributed by atoms with Crippen LogP contribution in [0.15, 0.2) is 42.5 Å². The molecule has 2 N–H and O–H groups in total. The molecule has 0 spiro atoms. The minimum atomic E-state index is -0.831. The predicted molar refractivity (Wildman–Crippen MR) is 85.3 cm³/mol. The molecule has 0 aromatic heterocycles. The SMILES string of the molecule is O=C(Nc1ccc(F)cc1F)c1ccc(CNC(=O)C2CC2)cc1. The zero-order valence-corrected chi connectivity index (χ0v) is 12.8. The fraction of sp³-hybridized carbons (Fsp3) is 0.222. The highest BCUT2D eigenvalue weighted by atomic mass is 19.1. The third-order valence-corrected chi connectivity index (χ3v) is 3.81. The first-order chi connectivity index (χ1) is 11.5. The molecule has 4 nitrogen and oxygen atoms in total. The average molecular weight is 330 g/mol. The standard InChI is InChI=1S/C18H16F2N2O2/c19-14-7-8-16(15(20)9-14)22-18(24)13-3-1-11(2-4-13)10-21-17(23)12-5-6-12/h1-4,7-9,12H,5-6,10H2,(H,21,23)(H,22,24). The van der Waals surface area contributed by atoms with Crippen LogP contribution in [0.1, 0.15) is 28.8 Å².